The summed E-state index contributed by atoms with van der Waals surface area (Å²) >= 11 is 0.340. The van der Waals surface area contributed by atoms with Crippen molar-refractivity contribution in [3.05, 3.63) is 0 Å². The van der Waals surface area contributed by atoms with Crippen LogP contribution in [0.3, 0.4) is 0 Å². The zero-order valence-corrected chi connectivity index (χ0v) is 9.12. The molecule has 0 N–H and O–H groups in total. The van der Waals surface area contributed by atoms with Gasteiger partial charge in [0.25, 0.3) is 0 Å². The van der Waals surface area contributed by atoms with Gasteiger partial charge in [0.15, 0.2) is 11.5 Å². The summed E-state index contributed by atoms with van der Waals surface area (Å²) in [6.45, 7) is 7.49. The molecule has 0 fully saturated rings. The lowest BCUT2D eigenvalue weighted by atomic mass is 9.89. The number of unbranched alkanes of at least 4 members (excludes halogenated alkanes) is 2. The van der Waals surface area contributed by atoms with Gasteiger partial charge in [-0.1, -0.05) is 33.6 Å². The van der Waals surface area contributed by atoms with E-state index in [1.807, 2.05) is 0 Å². The molecule has 0 aliphatic carbocycles. The smallest absolute Gasteiger partial charge is 0.194 e. The van der Waals surface area contributed by atoms with Crippen LogP contribution in [0.5, 0.6) is 0 Å². The predicted molar refractivity (Wildman–Crippen MR) is 53.4 cm³/mol. The van der Waals surface area contributed by atoms with E-state index in [-0.39, 0.29) is 0 Å². The van der Waals surface area contributed by atoms with Gasteiger partial charge in [0, 0.05) is 0 Å². The van der Waals surface area contributed by atoms with Crippen molar-refractivity contribution < 1.29 is 4.21 Å². The Kier molecular flexibility index (Phi) is 6.25. The van der Waals surface area contributed by atoms with Gasteiger partial charge < -0.3 is 0 Å². The maximum Gasteiger partial charge on any atom is 0.199 e. The molecule has 0 aliphatic heterocycles. The third kappa shape index (κ3) is 9.82. The normalized spacial score (nSPS) is 11.2. The summed E-state index contributed by atoms with van der Waals surface area (Å²) in [4.78, 5) is 0. The summed E-state index contributed by atoms with van der Waals surface area (Å²) in [5, 5.41) is 0. The standard InChI is InChI=1S/C9H19NOS/c1-9(2,3)7-5-4-6-8-10-12-11/h4-8H2,1-3H3. The highest BCUT2D eigenvalue weighted by molar-refractivity contribution is 7.54. The minimum Gasteiger partial charge on any atom is -0.194 e. The Bertz CT molecular complexity index is 156. The molecule has 0 rings (SSSR count). The van der Waals surface area contributed by atoms with E-state index in [1.165, 1.54) is 19.3 Å². The van der Waals surface area contributed by atoms with Crippen LogP contribution in [0.15, 0.2) is 4.36 Å². The molecular formula is C9H19NOS. The molecule has 0 saturated heterocycles. The molecule has 0 aromatic carbocycles. The van der Waals surface area contributed by atoms with Gasteiger partial charge >= 0.3 is 0 Å². The molecule has 0 saturated carbocycles. The van der Waals surface area contributed by atoms with Crippen LogP contribution in [0.4, 0.5) is 0 Å². The van der Waals surface area contributed by atoms with Crippen molar-refractivity contribution in [2.24, 2.45) is 9.78 Å². The molecule has 0 aromatic rings. The lowest BCUT2D eigenvalue weighted by Crippen LogP contribution is -2.03. The Labute approximate surface area is 79.0 Å². The number of hydrogen-bond donors (Lipinski definition) is 0. The first kappa shape index (κ1) is 11.8. The van der Waals surface area contributed by atoms with E-state index in [4.69, 9.17) is 0 Å². The fraction of sp³-hybridized carbons (Fsp3) is 1.00. The van der Waals surface area contributed by atoms with Gasteiger partial charge in [0.1, 0.15) is 0 Å². The van der Waals surface area contributed by atoms with Gasteiger partial charge in [-0.2, -0.15) is 8.57 Å². The van der Waals surface area contributed by atoms with Crippen LogP contribution >= 0.6 is 0 Å². The molecule has 0 aromatic heterocycles. The van der Waals surface area contributed by atoms with Gasteiger partial charge in [0.05, 0.1) is 6.54 Å². The molecule has 0 radical (unpaired) electrons. The Hall–Kier alpha value is -0.180. The number of nitrogens with zero attached hydrogens (tertiary/aromatic N) is 1. The Morgan fingerprint density at radius 1 is 1.17 bits per heavy atom. The summed E-state index contributed by atoms with van der Waals surface area (Å²) in [6.07, 6.45) is 4.77. The largest absolute Gasteiger partial charge is 0.199 e. The van der Waals surface area contributed by atoms with Crippen LogP contribution in [-0.4, -0.2) is 10.8 Å². The van der Waals surface area contributed by atoms with Crippen molar-refractivity contribution >= 4 is 11.5 Å². The Morgan fingerprint density at radius 2 is 1.83 bits per heavy atom. The monoisotopic (exact) mass is 189 g/mol. The molecule has 0 unspecified atom stereocenters. The zero-order valence-electron chi connectivity index (χ0n) is 8.30. The molecule has 12 heavy (non-hydrogen) atoms. The van der Waals surface area contributed by atoms with E-state index in [1.54, 1.807) is 0 Å². The lowest BCUT2D eigenvalue weighted by Gasteiger charge is -2.17. The van der Waals surface area contributed by atoms with E-state index < -0.39 is 0 Å². The first-order valence-corrected chi connectivity index (χ1v) is 5.22. The first-order valence-electron chi connectivity index (χ1n) is 4.52. The lowest BCUT2D eigenvalue weighted by molar-refractivity contribution is 0.358. The van der Waals surface area contributed by atoms with Gasteiger partial charge in [-0.15, -0.1) is 0 Å². The molecule has 72 valence electrons. The van der Waals surface area contributed by atoms with Crippen LogP contribution in [0.2, 0.25) is 0 Å². The second kappa shape index (κ2) is 6.35. The highest BCUT2D eigenvalue weighted by Crippen LogP contribution is 2.21. The SMILES string of the molecule is CC(C)(C)CCCCCN=S=O. The first-order chi connectivity index (χ1) is 5.56. The summed E-state index contributed by atoms with van der Waals surface area (Å²) in [7, 11) is 0. The van der Waals surface area contributed by atoms with Crippen molar-refractivity contribution in [1.29, 1.82) is 0 Å². The topological polar surface area (TPSA) is 29.4 Å². The van der Waals surface area contributed by atoms with Crippen LogP contribution in [0, 0.1) is 5.41 Å². The van der Waals surface area contributed by atoms with Crippen LogP contribution < -0.4 is 0 Å². The van der Waals surface area contributed by atoms with E-state index in [2.05, 4.69) is 25.1 Å². The van der Waals surface area contributed by atoms with Crippen molar-refractivity contribution in [3.63, 3.8) is 0 Å². The number of hydrogen-bond acceptors (Lipinski definition) is 2. The zero-order chi connectivity index (χ0) is 9.45. The molecule has 2 nitrogen and oxygen atoms in total. The summed E-state index contributed by atoms with van der Waals surface area (Å²) in [5.41, 5.74) is 0.449. The van der Waals surface area contributed by atoms with Crippen molar-refractivity contribution in [2.75, 3.05) is 6.54 Å². The third-order valence-corrected chi connectivity index (χ3v) is 2.02. The molecule has 0 bridgehead atoms. The van der Waals surface area contributed by atoms with Crippen LogP contribution in [0.25, 0.3) is 0 Å². The van der Waals surface area contributed by atoms with Crippen molar-refractivity contribution in [1.82, 2.24) is 0 Å². The summed E-state index contributed by atoms with van der Waals surface area (Å²) in [6, 6.07) is 0. The molecule has 3 heteroatoms. The van der Waals surface area contributed by atoms with Gasteiger partial charge in [-0.25, -0.2) is 0 Å². The van der Waals surface area contributed by atoms with Crippen LogP contribution in [0.1, 0.15) is 46.5 Å². The highest BCUT2D eigenvalue weighted by atomic mass is 32.1. The van der Waals surface area contributed by atoms with Crippen LogP contribution in [-0.2, 0) is 11.5 Å². The average Bonchev–Trinajstić information content (AvgIpc) is 1.94. The van der Waals surface area contributed by atoms with Gasteiger partial charge in [-0.3, -0.25) is 0 Å². The molecule has 0 spiro atoms. The van der Waals surface area contributed by atoms with Crippen molar-refractivity contribution in [3.8, 4) is 0 Å². The quantitative estimate of drug-likeness (QED) is 0.611. The van der Waals surface area contributed by atoms with E-state index >= 15 is 0 Å². The fourth-order valence-electron chi connectivity index (χ4n) is 1.05. The van der Waals surface area contributed by atoms with Gasteiger partial charge in [0.2, 0.25) is 0 Å². The molecule has 0 aliphatic rings. The summed E-state index contributed by atoms with van der Waals surface area (Å²) < 4.78 is 13.5. The fourth-order valence-corrected chi connectivity index (χ4v) is 1.25. The van der Waals surface area contributed by atoms with Crippen molar-refractivity contribution in [2.45, 2.75) is 46.5 Å². The molecule has 0 amide bonds. The minimum atomic E-state index is 0.340. The third-order valence-electron chi connectivity index (χ3n) is 1.73. The van der Waals surface area contributed by atoms with E-state index in [0.29, 0.717) is 16.9 Å². The predicted octanol–water partition coefficient (Wildman–Crippen LogP) is 2.99. The Morgan fingerprint density at radius 3 is 2.33 bits per heavy atom. The van der Waals surface area contributed by atoms with Gasteiger partial charge in [-0.05, 0) is 18.3 Å². The minimum absolute atomic E-state index is 0.340. The molecule has 0 atom stereocenters. The van der Waals surface area contributed by atoms with E-state index in [0.717, 1.165) is 13.0 Å². The highest BCUT2D eigenvalue weighted by Gasteiger charge is 2.08. The second-order valence-corrected chi connectivity index (χ2v) is 4.71. The maximum atomic E-state index is 9.87. The molecular weight excluding hydrogens is 170 g/mol. The van der Waals surface area contributed by atoms with E-state index in [9.17, 15) is 4.21 Å². The summed E-state index contributed by atoms with van der Waals surface area (Å²) in [5.74, 6) is 0. The maximum absolute atomic E-state index is 9.87. The molecule has 0 heterocycles. The second-order valence-electron chi connectivity index (χ2n) is 4.30. The Balaban J connectivity index is 3.16. The average molecular weight is 189 g/mol. The number of rotatable bonds is 5.